The van der Waals surface area contributed by atoms with Crippen molar-refractivity contribution in [2.75, 3.05) is 4.90 Å². The lowest BCUT2D eigenvalue weighted by atomic mass is 9.82. The molecule has 3 heteroatoms. The third kappa shape index (κ3) is 5.31. The lowest BCUT2D eigenvalue weighted by Crippen LogP contribution is -2.16. The smallest absolute Gasteiger partial charge is 0.145 e. The molecule has 3 nitrogen and oxygen atoms in total. The van der Waals surface area contributed by atoms with Gasteiger partial charge >= 0.3 is 0 Å². The Morgan fingerprint density at radius 2 is 0.983 bits per heavy atom. The highest BCUT2D eigenvalue weighted by Gasteiger charge is 2.35. The average molecular weight is 744 g/mol. The Bertz CT molecular complexity index is 3170. The number of rotatable bonds is 6. The molecular formula is C55H41N3. The Labute approximate surface area is 339 Å². The molecule has 1 heterocycles. The first-order valence-corrected chi connectivity index (χ1v) is 20.1. The van der Waals surface area contributed by atoms with Crippen molar-refractivity contribution in [1.29, 1.82) is 0 Å². The Balaban J connectivity index is 1.09. The third-order valence-electron chi connectivity index (χ3n) is 12.3. The van der Waals surface area contributed by atoms with Crippen molar-refractivity contribution in [2.24, 2.45) is 0 Å². The molecule has 1 aliphatic carbocycles. The van der Waals surface area contributed by atoms with Crippen molar-refractivity contribution in [3.05, 3.63) is 211 Å². The molecule has 0 amide bonds. The number of hydrogen-bond acceptors (Lipinski definition) is 2. The molecule has 0 saturated heterocycles. The van der Waals surface area contributed by atoms with Crippen LogP contribution in [0.4, 0.5) is 17.1 Å². The van der Waals surface area contributed by atoms with Gasteiger partial charge < -0.3 is 4.90 Å². The van der Waals surface area contributed by atoms with Crippen LogP contribution in [0.25, 0.3) is 71.9 Å². The molecule has 276 valence electrons. The molecule has 0 fully saturated rings. The molecule has 0 radical (unpaired) electrons. The van der Waals surface area contributed by atoms with Crippen molar-refractivity contribution >= 4 is 49.6 Å². The summed E-state index contributed by atoms with van der Waals surface area (Å²) >= 11 is 0. The Kier molecular flexibility index (Phi) is 7.74. The summed E-state index contributed by atoms with van der Waals surface area (Å²) in [4.78, 5) is 7.90. The number of hydrogen-bond donors (Lipinski definition) is 0. The first-order chi connectivity index (χ1) is 28.4. The molecule has 0 N–H and O–H groups in total. The van der Waals surface area contributed by atoms with Crippen LogP contribution in [-0.4, -0.2) is 9.55 Å². The maximum Gasteiger partial charge on any atom is 0.145 e. The highest BCUT2D eigenvalue weighted by Crippen LogP contribution is 2.51. The number of fused-ring (bicyclic) bond motifs is 9. The molecule has 0 atom stereocenters. The maximum atomic E-state index is 5.51. The van der Waals surface area contributed by atoms with Gasteiger partial charge in [0.25, 0.3) is 0 Å². The monoisotopic (exact) mass is 743 g/mol. The first-order valence-electron chi connectivity index (χ1n) is 20.1. The predicted octanol–water partition coefficient (Wildman–Crippen LogP) is 14.8. The quantitative estimate of drug-likeness (QED) is 0.158. The van der Waals surface area contributed by atoms with E-state index in [1.54, 1.807) is 0 Å². The summed E-state index contributed by atoms with van der Waals surface area (Å²) in [6.45, 7) is 6.84. The first kappa shape index (κ1) is 34.1. The zero-order chi connectivity index (χ0) is 39.0. The van der Waals surface area contributed by atoms with Crippen LogP contribution in [0.15, 0.2) is 194 Å². The van der Waals surface area contributed by atoms with Gasteiger partial charge in [-0.25, -0.2) is 4.98 Å². The van der Waals surface area contributed by atoms with Crippen molar-refractivity contribution in [1.82, 2.24) is 9.55 Å². The fraction of sp³-hybridized carbons (Fsp3) is 0.0727. The van der Waals surface area contributed by atoms with E-state index in [1.165, 1.54) is 55.1 Å². The van der Waals surface area contributed by atoms with Crippen molar-refractivity contribution in [3.8, 4) is 39.3 Å². The third-order valence-corrected chi connectivity index (χ3v) is 12.3. The summed E-state index contributed by atoms with van der Waals surface area (Å²) in [6, 6.07) is 70.6. The minimum Gasteiger partial charge on any atom is -0.310 e. The standard InChI is InChI=1S/C55H41N3/c1-36-21-27-42(28-22-36)58-53-49-19-10-8-16-45(49)44-15-7-9-18-48(44)52(53)56-54(58)39-25-31-41(32-26-39)57(40-29-23-38(24-30-40)37-13-5-4-6-14-37)43-33-34-47-46-17-11-12-20-50(46)55(2,3)51(47)35-43/h4-35H,1-3H3. The zero-order valence-corrected chi connectivity index (χ0v) is 32.8. The number of imidazole rings is 1. The fourth-order valence-corrected chi connectivity index (χ4v) is 9.32. The summed E-state index contributed by atoms with van der Waals surface area (Å²) < 4.78 is 2.36. The summed E-state index contributed by atoms with van der Waals surface area (Å²) in [5.74, 6) is 0.919. The fourth-order valence-electron chi connectivity index (χ4n) is 9.32. The Morgan fingerprint density at radius 1 is 0.448 bits per heavy atom. The zero-order valence-electron chi connectivity index (χ0n) is 32.8. The summed E-state index contributed by atoms with van der Waals surface area (Å²) in [7, 11) is 0. The van der Waals surface area contributed by atoms with Crippen molar-refractivity contribution in [2.45, 2.75) is 26.2 Å². The normalized spacial score (nSPS) is 12.9. The van der Waals surface area contributed by atoms with Crippen LogP contribution in [0, 0.1) is 6.92 Å². The second-order valence-corrected chi connectivity index (χ2v) is 16.1. The lowest BCUT2D eigenvalue weighted by molar-refractivity contribution is 0.660. The van der Waals surface area contributed by atoms with Gasteiger partial charge in [0.15, 0.2) is 0 Å². The van der Waals surface area contributed by atoms with E-state index in [-0.39, 0.29) is 5.41 Å². The molecule has 0 unspecified atom stereocenters. The van der Waals surface area contributed by atoms with Crippen molar-refractivity contribution < 1.29 is 0 Å². The maximum absolute atomic E-state index is 5.51. The van der Waals surface area contributed by atoms with Gasteiger partial charge in [0.2, 0.25) is 0 Å². The molecule has 0 aliphatic heterocycles. The minimum atomic E-state index is -0.113. The SMILES string of the molecule is Cc1ccc(-n2c(-c3ccc(N(c4ccc(-c5ccccc5)cc4)c4ccc5c(c4)C(C)(C)c4ccccc4-5)cc3)nc3c4ccccc4c4ccccc4c32)cc1. The number of aryl methyl sites for hydroxylation is 1. The van der Waals surface area contributed by atoms with Gasteiger partial charge in [-0.05, 0) is 112 Å². The van der Waals surface area contributed by atoms with E-state index in [0.29, 0.717) is 0 Å². The van der Waals surface area contributed by atoms with E-state index < -0.39 is 0 Å². The van der Waals surface area contributed by atoms with Gasteiger partial charge in [0.1, 0.15) is 5.82 Å². The van der Waals surface area contributed by atoms with Gasteiger partial charge in [-0.15, -0.1) is 0 Å². The highest BCUT2D eigenvalue weighted by atomic mass is 15.1. The molecule has 0 saturated carbocycles. The molecule has 0 spiro atoms. The van der Waals surface area contributed by atoms with Crippen LogP contribution >= 0.6 is 0 Å². The van der Waals surface area contributed by atoms with Crippen LogP contribution in [0.5, 0.6) is 0 Å². The molecule has 0 bridgehead atoms. The van der Waals surface area contributed by atoms with E-state index in [2.05, 4.69) is 224 Å². The molecule has 1 aromatic heterocycles. The van der Waals surface area contributed by atoms with Crippen LogP contribution in [0.3, 0.4) is 0 Å². The second-order valence-electron chi connectivity index (χ2n) is 16.1. The van der Waals surface area contributed by atoms with E-state index >= 15 is 0 Å². The summed E-state index contributed by atoms with van der Waals surface area (Å²) in [6.07, 6.45) is 0. The van der Waals surface area contributed by atoms with Gasteiger partial charge in [0.05, 0.1) is 11.0 Å². The Hall–Kier alpha value is -7.23. The molecule has 1 aliphatic rings. The summed E-state index contributed by atoms with van der Waals surface area (Å²) in [5, 5.41) is 4.80. The second kappa shape index (κ2) is 13.2. The minimum absolute atomic E-state index is 0.113. The number of benzene rings is 9. The van der Waals surface area contributed by atoms with Gasteiger partial charge in [-0.3, -0.25) is 4.57 Å². The number of nitrogens with zero attached hydrogens (tertiary/aromatic N) is 3. The predicted molar refractivity (Wildman–Crippen MR) is 244 cm³/mol. The molecule has 58 heavy (non-hydrogen) atoms. The number of anilines is 3. The van der Waals surface area contributed by atoms with Crippen LogP contribution in [-0.2, 0) is 5.41 Å². The topological polar surface area (TPSA) is 21.1 Å². The van der Waals surface area contributed by atoms with E-state index in [4.69, 9.17) is 4.98 Å². The Morgan fingerprint density at radius 3 is 1.69 bits per heavy atom. The largest absolute Gasteiger partial charge is 0.310 e. The van der Waals surface area contributed by atoms with Crippen LogP contribution in [0.1, 0.15) is 30.5 Å². The number of aromatic nitrogens is 2. The molecular weight excluding hydrogens is 703 g/mol. The van der Waals surface area contributed by atoms with E-state index in [9.17, 15) is 0 Å². The van der Waals surface area contributed by atoms with Gasteiger partial charge in [-0.1, -0.05) is 153 Å². The van der Waals surface area contributed by atoms with Gasteiger partial charge in [-0.2, -0.15) is 0 Å². The summed E-state index contributed by atoms with van der Waals surface area (Å²) in [5.41, 5.74) is 16.5. The van der Waals surface area contributed by atoms with Crippen molar-refractivity contribution in [3.63, 3.8) is 0 Å². The van der Waals surface area contributed by atoms with E-state index in [1.807, 2.05) is 0 Å². The highest BCUT2D eigenvalue weighted by molar-refractivity contribution is 6.24. The molecule has 10 aromatic rings. The molecule has 9 aromatic carbocycles. The van der Waals surface area contributed by atoms with Gasteiger partial charge in [0, 0.05) is 44.5 Å². The van der Waals surface area contributed by atoms with Crippen LogP contribution in [0.2, 0.25) is 0 Å². The lowest BCUT2D eigenvalue weighted by Gasteiger charge is -2.28. The molecule has 11 rings (SSSR count). The average Bonchev–Trinajstić information content (AvgIpc) is 3.78. The van der Waals surface area contributed by atoms with Crippen LogP contribution < -0.4 is 4.90 Å². The van der Waals surface area contributed by atoms with E-state index in [0.717, 1.165) is 50.6 Å².